The summed E-state index contributed by atoms with van der Waals surface area (Å²) in [4.78, 5) is 16.1. The first kappa shape index (κ1) is 15.1. The Morgan fingerprint density at radius 3 is 2.89 bits per heavy atom. The first-order valence-corrected chi connectivity index (χ1v) is 6.86. The smallest absolute Gasteiger partial charge is 0.226 e. The fourth-order valence-electron chi connectivity index (χ4n) is 1.52. The topological polar surface area (TPSA) is 63.2 Å². The zero-order valence-electron chi connectivity index (χ0n) is 11.3. The van der Waals surface area contributed by atoms with Crippen LogP contribution < -0.4 is 10.6 Å². The van der Waals surface area contributed by atoms with Crippen molar-refractivity contribution in [2.75, 3.05) is 26.1 Å². The second-order valence-electron chi connectivity index (χ2n) is 4.40. The zero-order valence-corrected chi connectivity index (χ0v) is 12.1. The number of aromatic nitrogens is 1. The van der Waals surface area contributed by atoms with Gasteiger partial charge >= 0.3 is 0 Å². The van der Waals surface area contributed by atoms with Gasteiger partial charge in [-0.15, -0.1) is 11.3 Å². The Labute approximate surface area is 112 Å². The molecule has 2 N–H and O–H groups in total. The first-order chi connectivity index (χ1) is 8.56. The van der Waals surface area contributed by atoms with Crippen molar-refractivity contribution in [1.29, 1.82) is 0 Å². The molecule has 0 fully saturated rings. The Morgan fingerprint density at radius 1 is 1.56 bits per heavy atom. The van der Waals surface area contributed by atoms with E-state index in [4.69, 9.17) is 4.74 Å². The largest absolute Gasteiger partial charge is 0.384 e. The number of hydrogen-bond donors (Lipinski definition) is 2. The summed E-state index contributed by atoms with van der Waals surface area (Å²) in [6, 6.07) is 0.194. The lowest BCUT2D eigenvalue weighted by Crippen LogP contribution is -2.18. The van der Waals surface area contributed by atoms with Crippen molar-refractivity contribution in [2.45, 2.75) is 26.3 Å². The Morgan fingerprint density at radius 2 is 2.28 bits per heavy atom. The Kier molecular flexibility index (Phi) is 6.24. The van der Waals surface area contributed by atoms with Gasteiger partial charge in [0, 0.05) is 31.6 Å². The first-order valence-electron chi connectivity index (χ1n) is 5.98. The predicted octanol–water partition coefficient (Wildman–Crippen LogP) is 2.03. The van der Waals surface area contributed by atoms with Gasteiger partial charge in [-0.2, -0.15) is 0 Å². The molecule has 0 saturated heterocycles. The number of anilines is 1. The highest BCUT2D eigenvalue weighted by atomic mass is 32.1. The summed E-state index contributed by atoms with van der Waals surface area (Å²) in [5.41, 5.74) is 0.947. The van der Waals surface area contributed by atoms with Crippen LogP contribution >= 0.6 is 11.3 Å². The second-order valence-corrected chi connectivity index (χ2v) is 5.26. The SMILES string of the molecule is CNC(C)c1csc(NC(=O)CC(C)COC)n1. The molecule has 5 nitrogen and oxygen atoms in total. The van der Waals surface area contributed by atoms with Crippen molar-refractivity contribution in [3.05, 3.63) is 11.1 Å². The monoisotopic (exact) mass is 271 g/mol. The molecule has 0 radical (unpaired) electrons. The molecule has 0 spiro atoms. The van der Waals surface area contributed by atoms with Crippen LogP contribution in [0.4, 0.5) is 5.13 Å². The number of rotatable bonds is 7. The molecule has 102 valence electrons. The average Bonchev–Trinajstić information content (AvgIpc) is 2.76. The van der Waals surface area contributed by atoms with Crippen LogP contribution in [0.25, 0.3) is 0 Å². The van der Waals surface area contributed by atoms with Crippen molar-refractivity contribution < 1.29 is 9.53 Å². The summed E-state index contributed by atoms with van der Waals surface area (Å²) >= 11 is 1.45. The van der Waals surface area contributed by atoms with Crippen molar-refractivity contribution in [3.63, 3.8) is 0 Å². The van der Waals surface area contributed by atoms with Crippen molar-refractivity contribution >= 4 is 22.4 Å². The molecule has 1 amide bonds. The van der Waals surface area contributed by atoms with E-state index in [1.54, 1.807) is 7.11 Å². The number of thiazole rings is 1. The van der Waals surface area contributed by atoms with E-state index in [0.29, 0.717) is 18.2 Å². The van der Waals surface area contributed by atoms with Gasteiger partial charge in [0.25, 0.3) is 0 Å². The van der Waals surface area contributed by atoms with Crippen molar-refractivity contribution in [2.24, 2.45) is 5.92 Å². The van der Waals surface area contributed by atoms with Crippen LogP contribution in [-0.4, -0.2) is 31.7 Å². The maximum absolute atomic E-state index is 11.7. The molecule has 0 bridgehead atoms. The normalized spacial score (nSPS) is 14.2. The number of carbonyl (C=O) groups is 1. The molecule has 0 aliphatic rings. The maximum atomic E-state index is 11.7. The molecular weight excluding hydrogens is 250 g/mol. The van der Waals surface area contributed by atoms with Crippen LogP contribution in [0.3, 0.4) is 0 Å². The van der Waals surface area contributed by atoms with Crippen LogP contribution in [0.2, 0.25) is 0 Å². The summed E-state index contributed by atoms with van der Waals surface area (Å²) in [5, 5.41) is 8.54. The lowest BCUT2D eigenvalue weighted by molar-refractivity contribution is -0.117. The number of amides is 1. The second kappa shape index (κ2) is 7.45. The third kappa shape index (κ3) is 4.72. The lowest BCUT2D eigenvalue weighted by Gasteiger charge is -2.09. The highest BCUT2D eigenvalue weighted by Gasteiger charge is 2.12. The standard InChI is InChI=1S/C12H21N3O2S/c1-8(6-17-4)5-11(16)15-12-14-10(7-18-12)9(2)13-3/h7-9,13H,5-6H2,1-4H3,(H,14,15,16). The number of nitrogens with one attached hydrogen (secondary N) is 2. The van der Waals surface area contributed by atoms with Crippen LogP contribution in [0, 0.1) is 5.92 Å². The number of methoxy groups -OCH3 is 1. The van der Waals surface area contributed by atoms with Gasteiger partial charge in [-0.1, -0.05) is 6.92 Å². The van der Waals surface area contributed by atoms with Gasteiger partial charge in [-0.05, 0) is 19.9 Å². The summed E-state index contributed by atoms with van der Waals surface area (Å²) in [5.74, 6) is 0.197. The van der Waals surface area contributed by atoms with Gasteiger partial charge in [0.15, 0.2) is 5.13 Å². The number of carbonyl (C=O) groups excluding carboxylic acids is 1. The molecule has 2 atom stereocenters. The molecule has 0 aromatic carbocycles. The third-order valence-electron chi connectivity index (χ3n) is 2.63. The van der Waals surface area contributed by atoms with Crippen LogP contribution in [0.15, 0.2) is 5.38 Å². The van der Waals surface area contributed by atoms with Crippen LogP contribution in [-0.2, 0) is 9.53 Å². The molecule has 18 heavy (non-hydrogen) atoms. The quantitative estimate of drug-likeness (QED) is 0.796. The summed E-state index contributed by atoms with van der Waals surface area (Å²) in [6.07, 6.45) is 0.449. The average molecular weight is 271 g/mol. The fourth-order valence-corrected chi connectivity index (χ4v) is 2.34. The zero-order chi connectivity index (χ0) is 13.5. The van der Waals surface area contributed by atoms with E-state index in [2.05, 4.69) is 15.6 Å². The van der Waals surface area contributed by atoms with Gasteiger partial charge in [0.1, 0.15) is 0 Å². The van der Waals surface area contributed by atoms with E-state index in [0.717, 1.165) is 5.69 Å². The summed E-state index contributed by atoms with van der Waals surface area (Å²) in [7, 11) is 3.52. The molecule has 0 saturated carbocycles. The van der Waals surface area contributed by atoms with E-state index < -0.39 is 0 Å². The third-order valence-corrected chi connectivity index (χ3v) is 3.41. The van der Waals surface area contributed by atoms with Crippen LogP contribution in [0.1, 0.15) is 32.0 Å². The Balaban J connectivity index is 2.47. The van der Waals surface area contributed by atoms with Crippen molar-refractivity contribution in [1.82, 2.24) is 10.3 Å². The maximum Gasteiger partial charge on any atom is 0.226 e. The van der Waals surface area contributed by atoms with E-state index in [9.17, 15) is 4.79 Å². The molecule has 0 aliphatic carbocycles. The Bertz CT molecular complexity index is 381. The van der Waals surface area contributed by atoms with E-state index >= 15 is 0 Å². The molecule has 1 rings (SSSR count). The van der Waals surface area contributed by atoms with E-state index in [1.165, 1.54) is 11.3 Å². The minimum absolute atomic E-state index is 0.0161. The molecule has 0 aliphatic heterocycles. The lowest BCUT2D eigenvalue weighted by atomic mass is 10.1. The summed E-state index contributed by atoms with van der Waals surface area (Å²) in [6.45, 7) is 4.61. The molecule has 1 aromatic rings. The fraction of sp³-hybridized carbons (Fsp3) is 0.667. The minimum atomic E-state index is -0.0161. The molecule has 1 aromatic heterocycles. The molecule has 6 heteroatoms. The van der Waals surface area contributed by atoms with Gasteiger partial charge in [-0.3, -0.25) is 4.79 Å². The predicted molar refractivity (Wildman–Crippen MR) is 73.9 cm³/mol. The highest BCUT2D eigenvalue weighted by molar-refractivity contribution is 7.13. The Hall–Kier alpha value is -0.980. The molecule has 2 unspecified atom stereocenters. The molecule has 1 heterocycles. The molecular formula is C12H21N3O2S. The number of ether oxygens (including phenoxy) is 1. The number of hydrogen-bond acceptors (Lipinski definition) is 5. The van der Waals surface area contributed by atoms with Gasteiger partial charge < -0.3 is 15.4 Å². The van der Waals surface area contributed by atoms with Crippen molar-refractivity contribution in [3.8, 4) is 0 Å². The van der Waals surface area contributed by atoms with E-state index in [1.807, 2.05) is 26.3 Å². The highest BCUT2D eigenvalue weighted by Crippen LogP contribution is 2.20. The van der Waals surface area contributed by atoms with Gasteiger partial charge in [-0.25, -0.2) is 4.98 Å². The van der Waals surface area contributed by atoms with Gasteiger partial charge in [0.05, 0.1) is 5.69 Å². The van der Waals surface area contributed by atoms with Crippen LogP contribution in [0.5, 0.6) is 0 Å². The van der Waals surface area contributed by atoms with E-state index in [-0.39, 0.29) is 17.9 Å². The number of nitrogens with zero attached hydrogens (tertiary/aromatic N) is 1. The summed E-state index contributed by atoms with van der Waals surface area (Å²) < 4.78 is 5.00. The van der Waals surface area contributed by atoms with Gasteiger partial charge in [0.2, 0.25) is 5.91 Å². The minimum Gasteiger partial charge on any atom is -0.384 e.